The minimum atomic E-state index is -0.548. The highest BCUT2D eigenvalue weighted by Crippen LogP contribution is 2.56. The summed E-state index contributed by atoms with van der Waals surface area (Å²) in [6, 6.07) is 22.0. The van der Waals surface area contributed by atoms with E-state index in [1.165, 1.54) is 86.5 Å². The van der Waals surface area contributed by atoms with E-state index in [2.05, 4.69) is 62.4 Å². The molecule has 4 aromatic rings. The summed E-state index contributed by atoms with van der Waals surface area (Å²) < 4.78 is 9.91. The summed E-state index contributed by atoms with van der Waals surface area (Å²) in [7, 11) is 0. The Kier molecular flexibility index (Phi) is 12.4. The maximum absolute atomic E-state index is 12.3. The van der Waals surface area contributed by atoms with Crippen molar-refractivity contribution in [2.75, 3.05) is 13.2 Å². The number of esters is 2. The van der Waals surface area contributed by atoms with Crippen LogP contribution in [0.3, 0.4) is 0 Å². The first-order chi connectivity index (χ1) is 26.8. The van der Waals surface area contributed by atoms with E-state index in [4.69, 9.17) is 9.47 Å². The molecule has 7 rings (SSSR count). The van der Waals surface area contributed by atoms with Crippen molar-refractivity contribution in [3.05, 3.63) is 92.7 Å². The van der Waals surface area contributed by atoms with Gasteiger partial charge in [0.1, 0.15) is 11.1 Å². The second kappa shape index (κ2) is 17.6. The normalized spacial score (nSPS) is 17.3. The number of Topliss-reactive ketones (excluding diaryl/α,β-unsaturated/α-hetero) is 2. The zero-order chi connectivity index (χ0) is 38.4. The van der Waals surface area contributed by atoms with Gasteiger partial charge in [-0.2, -0.15) is 0 Å². The van der Waals surface area contributed by atoms with Crippen LogP contribution in [-0.4, -0.2) is 36.7 Å². The molecular weight excluding hydrogens is 725 g/mol. The fraction of sp³-hybridized carbons (Fsp3) is 0.404. The summed E-state index contributed by atoms with van der Waals surface area (Å²) in [5, 5.41) is 0. The number of cyclic esters (lactones) is 2. The maximum atomic E-state index is 12.3. The van der Waals surface area contributed by atoms with Crippen LogP contribution in [0.4, 0.5) is 0 Å². The molecule has 2 saturated heterocycles. The number of hydrogen-bond acceptors (Lipinski definition) is 8. The topological polar surface area (TPSA) is 86.7 Å². The standard InChI is InChI=1S/C47H50O6S2/c1-3-5-7-9-11-13-23-47(24-14-12-10-8-6-4-2)39-25-31(43-21-17-33(54-43)27-37-41(48)29-52-45(37)50)15-19-35(39)36-20-16-32(26-40(36)47)44-22-18-34(55-44)28-38-42(49)30-53-46(38)51/h15-22,25-28H,3-14,23-24,29-30H2,1-2H3. The van der Waals surface area contributed by atoms with Crippen LogP contribution in [0, 0.1) is 0 Å². The average Bonchev–Trinajstić information content (AvgIpc) is 4.03. The van der Waals surface area contributed by atoms with Crippen LogP contribution >= 0.6 is 22.7 Å². The number of unbranched alkanes of at least 4 members (excludes halogenated alkanes) is 10. The first-order valence-electron chi connectivity index (χ1n) is 20.1. The van der Waals surface area contributed by atoms with Crippen molar-refractivity contribution in [3.8, 4) is 32.0 Å². The largest absolute Gasteiger partial charge is 0.454 e. The molecule has 6 nitrogen and oxygen atoms in total. The van der Waals surface area contributed by atoms with Crippen LogP contribution in [-0.2, 0) is 34.1 Å². The van der Waals surface area contributed by atoms with E-state index in [0.717, 1.165) is 56.3 Å². The van der Waals surface area contributed by atoms with Gasteiger partial charge in [-0.3, -0.25) is 9.59 Å². The number of thiophene rings is 2. The third-order valence-corrected chi connectivity index (χ3v) is 13.5. The molecule has 0 spiro atoms. The molecule has 3 aliphatic rings. The fourth-order valence-corrected chi connectivity index (χ4v) is 10.3. The van der Waals surface area contributed by atoms with E-state index in [9.17, 15) is 19.2 Å². The first-order valence-corrected chi connectivity index (χ1v) is 21.8. The van der Waals surface area contributed by atoms with Crippen LogP contribution in [0.25, 0.3) is 44.2 Å². The lowest BCUT2D eigenvalue weighted by Crippen LogP contribution is -2.25. The zero-order valence-electron chi connectivity index (χ0n) is 32.0. The zero-order valence-corrected chi connectivity index (χ0v) is 33.6. The highest BCUT2D eigenvalue weighted by Gasteiger charge is 2.43. The molecule has 0 N–H and O–H groups in total. The second-order valence-corrected chi connectivity index (χ2v) is 17.4. The van der Waals surface area contributed by atoms with E-state index in [1.54, 1.807) is 34.8 Å². The Morgan fingerprint density at radius 2 is 0.964 bits per heavy atom. The fourth-order valence-electron chi connectivity index (χ4n) is 8.41. The number of carbonyl (C=O) groups excluding carboxylic acids is 4. The molecule has 0 amide bonds. The van der Waals surface area contributed by atoms with Gasteiger partial charge in [0.15, 0.2) is 13.2 Å². The SMILES string of the molecule is CCCCCCCCC1(CCCCCCCC)c2cc(-c3ccc(C=C4C(=O)COC4=O)s3)ccc2-c2ccc(-c3ccc(C=C4C(=O)COC4=O)s3)cc21. The summed E-state index contributed by atoms with van der Waals surface area (Å²) in [6.45, 7) is 4.17. The van der Waals surface area contributed by atoms with Gasteiger partial charge in [-0.1, -0.05) is 115 Å². The quantitative estimate of drug-likeness (QED) is 0.0433. The molecule has 2 aromatic carbocycles. The molecule has 286 valence electrons. The molecule has 0 radical (unpaired) electrons. The van der Waals surface area contributed by atoms with Gasteiger partial charge >= 0.3 is 11.9 Å². The Morgan fingerprint density at radius 1 is 0.545 bits per heavy atom. The van der Waals surface area contributed by atoms with Crippen molar-refractivity contribution in [2.45, 2.75) is 109 Å². The molecule has 0 bridgehead atoms. The minimum absolute atomic E-state index is 0.120. The van der Waals surface area contributed by atoms with Crippen molar-refractivity contribution in [1.82, 2.24) is 0 Å². The van der Waals surface area contributed by atoms with E-state index in [0.29, 0.717) is 0 Å². The van der Waals surface area contributed by atoms with E-state index < -0.39 is 11.9 Å². The van der Waals surface area contributed by atoms with Gasteiger partial charge in [0, 0.05) is 24.9 Å². The summed E-state index contributed by atoms with van der Waals surface area (Å²) in [4.78, 5) is 52.8. The molecule has 2 fully saturated rings. The molecular formula is C47H50O6S2. The summed E-state index contributed by atoms with van der Waals surface area (Å²) >= 11 is 3.18. The molecule has 8 heteroatoms. The molecule has 0 saturated carbocycles. The van der Waals surface area contributed by atoms with Gasteiger partial charge in [0.25, 0.3) is 0 Å². The van der Waals surface area contributed by atoms with Gasteiger partial charge in [-0.25, -0.2) is 9.59 Å². The molecule has 1 aliphatic carbocycles. The molecule has 55 heavy (non-hydrogen) atoms. The van der Waals surface area contributed by atoms with Crippen LogP contribution in [0.5, 0.6) is 0 Å². The number of ether oxygens (including phenoxy) is 2. The second-order valence-electron chi connectivity index (χ2n) is 15.2. The Bertz CT molecular complexity index is 1960. The number of hydrogen-bond donors (Lipinski definition) is 0. The minimum Gasteiger partial charge on any atom is -0.454 e. The highest BCUT2D eigenvalue weighted by atomic mass is 32.1. The third kappa shape index (κ3) is 8.41. The van der Waals surface area contributed by atoms with E-state index >= 15 is 0 Å². The summed E-state index contributed by atoms with van der Waals surface area (Å²) in [5.74, 6) is -1.64. The molecule has 0 unspecified atom stereocenters. The van der Waals surface area contributed by atoms with Crippen LogP contribution in [0.2, 0.25) is 0 Å². The first kappa shape index (κ1) is 38.9. The molecule has 2 aromatic heterocycles. The molecule has 0 atom stereocenters. The van der Waals surface area contributed by atoms with Crippen molar-refractivity contribution in [3.63, 3.8) is 0 Å². The summed E-state index contributed by atoms with van der Waals surface area (Å²) in [5.41, 5.74) is 7.79. The van der Waals surface area contributed by atoms with Crippen LogP contribution < -0.4 is 0 Å². The lowest BCUT2D eigenvalue weighted by Gasteiger charge is -2.33. The summed E-state index contributed by atoms with van der Waals surface area (Å²) in [6.07, 6.45) is 20.4. The van der Waals surface area contributed by atoms with Crippen molar-refractivity contribution >= 4 is 58.3 Å². The monoisotopic (exact) mass is 774 g/mol. The van der Waals surface area contributed by atoms with Gasteiger partial charge in [0.05, 0.1) is 0 Å². The highest BCUT2D eigenvalue weighted by molar-refractivity contribution is 7.16. The predicted octanol–water partition coefficient (Wildman–Crippen LogP) is 11.9. The van der Waals surface area contributed by atoms with Crippen LogP contribution in [0.1, 0.15) is 125 Å². The van der Waals surface area contributed by atoms with E-state index in [-0.39, 0.29) is 41.3 Å². The van der Waals surface area contributed by atoms with Crippen molar-refractivity contribution in [1.29, 1.82) is 0 Å². The van der Waals surface area contributed by atoms with Crippen LogP contribution in [0.15, 0.2) is 71.8 Å². The van der Waals surface area contributed by atoms with Gasteiger partial charge in [-0.15, -0.1) is 22.7 Å². The van der Waals surface area contributed by atoms with Gasteiger partial charge in [0.2, 0.25) is 11.6 Å². The van der Waals surface area contributed by atoms with Gasteiger partial charge in [-0.05, 0) is 94.8 Å². The lowest BCUT2D eigenvalue weighted by molar-refractivity contribution is -0.136. The Morgan fingerprint density at radius 3 is 1.36 bits per heavy atom. The smallest absolute Gasteiger partial charge is 0.342 e. The third-order valence-electron chi connectivity index (χ3n) is 11.4. The Balaban J connectivity index is 1.27. The predicted molar refractivity (Wildman–Crippen MR) is 223 cm³/mol. The number of carbonyl (C=O) groups is 4. The van der Waals surface area contributed by atoms with E-state index in [1.807, 2.05) is 12.1 Å². The Hall–Kier alpha value is -4.40. The average molecular weight is 775 g/mol. The molecule has 4 heterocycles. The maximum Gasteiger partial charge on any atom is 0.342 e. The molecule has 2 aliphatic heterocycles. The number of benzene rings is 2. The van der Waals surface area contributed by atoms with Gasteiger partial charge < -0.3 is 9.47 Å². The van der Waals surface area contributed by atoms with Crippen molar-refractivity contribution in [2.24, 2.45) is 0 Å². The van der Waals surface area contributed by atoms with Crippen molar-refractivity contribution < 1.29 is 28.7 Å². The lowest BCUT2D eigenvalue weighted by atomic mass is 9.70. The number of fused-ring (bicyclic) bond motifs is 3. The number of rotatable bonds is 18. The Labute approximate surface area is 332 Å². The number of ketones is 2.